The molecule has 6 nitrogen and oxygen atoms in total. The van der Waals surface area contributed by atoms with Crippen LogP contribution in [0.3, 0.4) is 0 Å². The molecule has 1 amide bonds. The average Bonchev–Trinajstić information content (AvgIpc) is 2.49. The fourth-order valence-corrected chi connectivity index (χ4v) is 2.27. The zero-order chi connectivity index (χ0) is 15.4. The van der Waals surface area contributed by atoms with E-state index in [0.29, 0.717) is 38.3 Å². The zero-order valence-corrected chi connectivity index (χ0v) is 11.5. The number of piperazine rings is 1. The number of carbonyl (C=O) groups excluding carboxylic acids is 1. The predicted molar refractivity (Wildman–Crippen MR) is 75.1 cm³/mol. The van der Waals surface area contributed by atoms with Crippen molar-refractivity contribution < 1.29 is 14.1 Å². The van der Waals surface area contributed by atoms with Gasteiger partial charge in [-0.05, 0) is 12.1 Å². The molecule has 21 heavy (non-hydrogen) atoms. The maximum atomic E-state index is 13.8. The topological polar surface area (TPSA) is 66.7 Å². The average molecular weight is 293 g/mol. The van der Waals surface area contributed by atoms with Crippen LogP contribution in [0.2, 0.25) is 0 Å². The molecule has 0 N–H and O–H groups in total. The Hall–Kier alpha value is -2.28. The molecule has 1 saturated heterocycles. The van der Waals surface area contributed by atoms with Crippen LogP contribution in [0, 0.1) is 15.9 Å². The first-order valence-electron chi connectivity index (χ1n) is 6.58. The number of nitro benzene ring substituents is 1. The number of non-ortho nitro benzene ring substituents is 1. The summed E-state index contributed by atoms with van der Waals surface area (Å²) in [5.41, 5.74) is 0.168. The van der Waals surface area contributed by atoms with Gasteiger partial charge in [-0.15, -0.1) is 0 Å². The highest BCUT2D eigenvalue weighted by atomic mass is 19.1. The van der Waals surface area contributed by atoms with E-state index in [1.54, 1.807) is 4.90 Å². The maximum Gasteiger partial charge on any atom is 0.272 e. The normalized spacial score (nSPS) is 15.8. The number of rotatable bonds is 4. The minimum atomic E-state index is -0.619. The second kappa shape index (κ2) is 6.45. The van der Waals surface area contributed by atoms with Gasteiger partial charge in [0.05, 0.1) is 11.0 Å². The van der Waals surface area contributed by atoms with Crippen LogP contribution >= 0.6 is 0 Å². The van der Waals surface area contributed by atoms with E-state index in [1.807, 2.05) is 4.90 Å². The Kier molecular flexibility index (Phi) is 4.64. The van der Waals surface area contributed by atoms with Crippen LogP contribution in [0.5, 0.6) is 0 Å². The van der Waals surface area contributed by atoms with E-state index in [0.717, 1.165) is 6.07 Å². The first-order chi connectivity index (χ1) is 10.0. The number of amides is 1. The van der Waals surface area contributed by atoms with Gasteiger partial charge in [-0.3, -0.25) is 19.8 Å². The van der Waals surface area contributed by atoms with Gasteiger partial charge in [0.25, 0.3) is 5.69 Å². The van der Waals surface area contributed by atoms with Crippen LogP contribution in [-0.4, -0.2) is 46.8 Å². The van der Waals surface area contributed by atoms with Crippen LogP contribution in [0.1, 0.15) is 5.56 Å². The molecule has 0 bridgehead atoms. The maximum absolute atomic E-state index is 13.8. The van der Waals surface area contributed by atoms with Crippen LogP contribution in [-0.2, 0) is 11.3 Å². The van der Waals surface area contributed by atoms with Gasteiger partial charge in [0.15, 0.2) is 0 Å². The summed E-state index contributed by atoms with van der Waals surface area (Å²) in [4.78, 5) is 25.1. The Morgan fingerprint density at radius 3 is 2.57 bits per heavy atom. The van der Waals surface area contributed by atoms with E-state index in [4.69, 9.17) is 0 Å². The van der Waals surface area contributed by atoms with Crippen LogP contribution in [0.15, 0.2) is 30.9 Å². The number of hydrogen-bond acceptors (Lipinski definition) is 4. The number of benzene rings is 1. The van der Waals surface area contributed by atoms with Crippen molar-refractivity contribution in [1.29, 1.82) is 0 Å². The van der Waals surface area contributed by atoms with Crippen molar-refractivity contribution >= 4 is 11.6 Å². The second-order valence-corrected chi connectivity index (χ2v) is 4.84. The molecule has 7 heteroatoms. The first kappa shape index (κ1) is 15.1. The molecular formula is C14H16FN3O3. The molecule has 0 aromatic heterocycles. The van der Waals surface area contributed by atoms with Gasteiger partial charge in [-0.25, -0.2) is 4.39 Å². The Balaban J connectivity index is 1.96. The SMILES string of the molecule is C=CC(=O)N1CCN(Cc2ccc([N+](=O)[O-])cc2F)CC1. The predicted octanol–water partition coefficient (Wildman–Crippen LogP) is 1.56. The summed E-state index contributed by atoms with van der Waals surface area (Å²) in [6, 6.07) is 3.68. The number of nitro groups is 1. The Labute approximate surface area is 121 Å². The van der Waals surface area contributed by atoms with Gasteiger partial charge in [0.2, 0.25) is 5.91 Å². The Morgan fingerprint density at radius 1 is 1.38 bits per heavy atom. The van der Waals surface area contributed by atoms with E-state index in [1.165, 1.54) is 18.2 Å². The van der Waals surface area contributed by atoms with Crippen molar-refractivity contribution in [3.63, 3.8) is 0 Å². The summed E-state index contributed by atoms with van der Waals surface area (Å²) in [6.45, 7) is 6.23. The standard InChI is InChI=1S/C14H16FN3O3/c1-2-14(19)17-7-5-16(6-8-17)10-11-3-4-12(18(20)21)9-13(11)15/h2-4,9H,1,5-8,10H2. The highest BCUT2D eigenvalue weighted by Crippen LogP contribution is 2.18. The van der Waals surface area contributed by atoms with Gasteiger partial charge >= 0.3 is 0 Å². The summed E-state index contributed by atoms with van der Waals surface area (Å²) in [6.07, 6.45) is 1.28. The minimum Gasteiger partial charge on any atom is -0.337 e. The lowest BCUT2D eigenvalue weighted by Crippen LogP contribution is -2.47. The molecular weight excluding hydrogens is 277 g/mol. The van der Waals surface area contributed by atoms with Crippen molar-refractivity contribution in [1.82, 2.24) is 9.80 Å². The fraction of sp³-hybridized carbons (Fsp3) is 0.357. The van der Waals surface area contributed by atoms with E-state index in [2.05, 4.69) is 6.58 Å². The highest BCUT2D eigenvalue weighted by molar-refractivity contribution is 5.87. The smallest absolute Gasteiger partial charge is 0.272 e. The molecule has 0 spiro atoms. The third-order valence-electron chi connectivity index (χ3n) is 3.50. The lowest BCUT2D eigenvalue weighted by Gasteiger charge is -2.34. The molecule has 0 unspecified atom stereocenters. The van der Waals surface area contributed by atoms with Crippen molar-refractivity contribution in [2.75, 3.05) is 26.2 Å². The molecule has 2 rings (SSSR count). The Bertz CT molecular complexity index is 569. The van der Waals surface area contributed by atoms with Crippen molar-refractivity contribution in [2.45, 2.75) is 6.54 Å². The lowest BCUT2D eigenvalue weighted by atomic mass is 10.1. The summed E-state index contributed by atoms with van der Waals surface area (Å²) >= 11 is 0. The second-order valence-electron chi connectivity index (χ2n) is 4.84. The molecule has 0 radical (unpaired) electrons. The van der Waals surface area contributed by atoms with Crippen LogP contribution < -0.4 is 0 Å². The van der Waals surface area contributed by atoms with Crippen molar-refractivity contribution in [2.24, 2.45) is 0 Å². The van der Waals surface area contributed by atoms with E-state index in [-0.39, 0.29) is 11.6 Å². The van der Waals surface area contributed by atoms with Gasteiger partial charge in [-0.1, -0.05) is 6.58 Å². The van der Waals surface area contributed by atoms with Crippen molar-refractivity contribution in [3.8, 4) is 0 Å². The highest BCUT2D eigenvalue weighted by Gasteiger charge is 2.20. The van der Waals surface area contributed by atoms with Crippen molar-refractivity contribution in [3.05, 3.63) is 52.3 Å². The van der Waals surface area contributed by atoms with Gasteiger partial charge in [-0.2, -0.15) is 0 Å². The quantitative estimate of drug-likeness (QED) is 0.480. The summed E-state index contributed by atoms with van der Waals surface area (Å²) in [7, 11) is 0. The van der Waals surface area contributed by atoms with E-state index >= 15 is 0 Å². The fourth-order valence-electron chi connectivity index (χ4n) is 2.27. The van der Waals surface area contributed by atoms with Gasteiger partial charge < -0.3 is 4.90 Å². The molecule has 1 aliphatic heterocycles. The van der Waals surface area contributed by atoms with E-state index in [9.17, 15) is 19.3 Å². The summed E-state index contributed by atoms with van der Waals surface area (Å²) in [5.74, 6) is -0.676. The third-order valence-corrected chi connectivity index (χ3v) is 3.50. The number of halogens is 1. The van der Waals surface area contributed by atoms with Crippen LogP contribution in [0.25, 0.3) is 0 Å². The molecule has 1 aromatic rings. The van der Waals surface area contributed by atoms with Gasteiger partial charge in [0.1, 0.15) is 5.82 Å². The minimum absolute atomic E-state index is 0.101. The molecule has 1 fully saturated rings. The molecule has 0 saturated carbocycles. The molecule has 1 heterocycles. The molecule has 0 atom stereocenters. The summed E-state index contributed by atoms with van der Waals surface area (Å²) < 4.78 is 13.8. The van der Waals surface area contributed by atoms with E-state index < -0.39 is 10.7 Å². The van der Waals surface area contributed by atoms with Gasteiger partial charge in [0, 0.05) is 44.4 Å². The largest absolute Gasteiger partial charge is 0.337 e. The number of carbonyl (C=O) groups is 1. The molecule has 1 aromatic carbocycles. The Morgan fingerprint density at radius 2 is 2.05 bits per heavy atom. The number of hydrogen-bond donors (Lipinski definition) is 0. The molecule has 112 valence electrons. The number of nitrogens with zero attached hydrogens (tertiary/aromatic N) is 3. The molecule has 0 aliphatic carbocycles. The monoisotopic (exact) mass is 293 g/mol. The first-order valence-corrected chi connectivity index (χ1v) is 6.58. The molecule has 1 aliphatic rings. The lowest BCUT2D eigenvalue weighted by molar-refractivity contribution is -0.385. The van der Waals surface area contributed by atoms with Crippen LogP contribution in [0.4, 0.5) is 10.1 Å². The zero-order valence-electron chi connectivity index (χ0n) is 11.5. The third kappa shape index (κ3) is 3.63. The summed E-state index contributed by atoms with van der Waals surface area (Å²) in [5, 5.41) is 10.6.